The lowest BCUT2D eigenvalue weighted by Crippen LogP contribution is -2.53. The van der Waals surface area contributed by atoms with Crippen molar-refractivity contribution in [1.29, 1.82) is 0 Å². The molecule has 0 unspecified atom stereocenters. The molecule has 7 heteroatoms. The SMILES string of the molecule is COc1ccc(CN(C(=O)COc2ccc(Br)cc2)[C@H](C)C(=O)NC(C)(C)C)cc1. The van der Waals surface area contributed by atoms with E-state index in [0.717, 1.165) is 15.8 Å². The van der Waals surface area contributed by atoms with Crippen LogP contribution < -0.4 is 14.8 Å². The Balaban J connectivity index is 2.16. The Kier molecular flexibility index (Phi) is 8.29. The molecule has 0 spiro atoms. The first-order valence-electron chi connectivity index (χ1n) is 9.72. The number of ether oxygens (including phenoxy) is 2. The Morgan fingerprint density at radius 2 is 1.60 bits per heavy atom. The van der Waals surface area contributed by atoms with E-state index >= 15 is 0 Å². The first kappa shape index (κ1) is 23.7. The Morgan fingerprint density at radius 3 is 2.13 bits per heavy atom. The Bertz CT molecular complexity index is 845. The largest absolute Gasteiger partial charge is 0.497 e. The van der Waals surface area contributed by atoms with Crippen LogP contribution in [0.15, 0.2) is 53.0 Å². The fraction of sp³-hybridized carbons (Fsp3) is 0.391. The van der Waals surface area contributed by atoms with Crippen LogP contribution in [-0.2, 0) is 16.1 Å². The molecule has 0 saturated heterocycles. The molecule has 162 valence electrons. The molecule has 2 amide bonds. The van der Waals surface area contributed by atoms with Crippen molar-refractivity contribution in [2.75, 3.05) is 13.7 Å². The highest BCUT2D eigenvalue weighted by atomic mass is 79.9. The van der Waals surface area contributed by atoms with Crippen molar-refractivity contribution in [2.45, 2.75) is 45.8 Å². The monoisotopic (exact) mass is 476 g/mol. The van der Waals surface area contributed by atoms with Gasteiger partial charge >= 0.3 is 0 Å². The van der Waals surface area contributed by atoms with Gasteiger partial charge in [0.15, 0.2) is 6.61 Å². The molecular weight excluding hydrogens is 448 g/mol. The van der Waals surface area contributed by atoms with Gasteiger partial charge in [-0.05, 0) is 69.7 Å². The van der Waals surface area contributed by atoms with Gasteiger partial charge in [0.05, 0.1) is 7.11 Å². The lowest BCUT2D eigenvalue weighted by molar-refractivity contribution is -0.142. The van der Waals surface area contributed by atoms with E-state index in [2.05, 4.69) is 21.2 Å². The molecule has 0 bridgehead atoms. The van der Waals surface area contributed by atoms with Gasteiger partial charge in [-0.15, -0.1) is 0 Å². The fourth-order valence-corrected chi connectivity index (χ4v) is 3.01. The normalized spacial score (nSPS) is 12.1. The van der Waals surface area contributed by atoms with Crippen molar-refractivity contribution in [3.63, 3.8) is 0 Å². The third-order valence-corrected chi connectivity index (χ3v) is 4.88. The predicted octanol–water partition coefficient (Wildman–Crippen LogP) is 4.17. The summed E-state index contributed by atoms with van der Waals surface area (Å²) in [6, 6.07) is 14.0. The number of nitrogens with one attached hydrogen (secondary N) is 1. The Labute approximate surface area is 186 Å². The minimum absolute atomic E-state index is 0.162. The topological polar surface area (TPSA) is 67.9 Å². The Morgan fingerprint density at radius 1 is 1.03 bits per heavy atom. The fourth-order valence-electron chi connectivity index (χ4n) is 2.74. The summed E-state index contributed by atoms with van der Waals surface area (Å²) in [5.74, 6) is 0.828. The second kappa shape index (κ2) is 10.5. The highest BCUT2D eigenvalue weighted by Crippen LogP contribution is 2.18. The first-order chi connectivity index (χ1) is 14.1. The van der Waals surface area contributed by atoms with Gasteiger partial charge in [-0.3, -0.25) is 9.59 Å². The molecule has 2 rings (SSSR count). The molecule has 0 radical (unpaired) electrons. The summed E-state index contributed by atoms with van der Waals surface area (Å²) in [6.07, 6.45) is 0. The van der Waals surface area contributed by atoms with Crippen LogP contribution in [0.2, 0.25) is 0 Å². The summed E-state index contributed by atoms with van der Waals surface area (Å²) in [7, 11) is 1.60. The average molecular weight is 477 g/mol. The van der Waals surface area contributed by atoms with Crippen LogP contribution in [0, 0.1) is 0 Å². The van der Waals surface area contributed by atoms with Crippen molar-refractivity contribution in [3.8, 4) is 11.5 Å². The number of nitrogens with zero attached hydrogens (tertiary/aromatic N) is 1. The summed E-state index contributed by atoms with van der Waals surface area (Å²) in [5, 5.41) is 2.94. The molecule has 30 heavy (non-hydrogen) atoms. The zero-order valence-electron chi connectivity index (χ0n) is 18.1. The zero-order chi connectivity index (χ0) is 22.3. The molecule has 0 fully saturated rings. The lowest BCUT2D eigenvalue weighted by Gasteiger charge is -2.31. The number of halogens is 1. The van der Waals surface area contributed by atoms with Gasteiger partial charge in [0, 0.05) is 16.6 Å². The number of benzene rings is 2. The van der Waals surface area contributed by atoms with Crippen molar-refractivity contribution < 1.29 is 19.1 Å². The van der Waals surface area contributed by atoms with E-state index in [9.17, 15) is 9.59 Å². The summed E-state index contributed by atoms with van der Waals surface area (Å²) in [6.45, 7) is 7.57. The molecular formula is C23H29BrN2O4. The van der Waals surface area contributed by atoms with Crippen LogP contribution >= 0.6 is 15.9 Å². The molecule has 0 saturated carbocycles. The van der Waals surface area contributed by atoms with E-state index < -0.39 is 11.6 Å². The third-order valence-electron chi connectivity index (χ3n) is 4.35. The quantitative estimate of drug-likeness (QED) is 0.620. The molecule has 2 aromatic rings. The van der Waals surface area contributed by atoms with Crippen LogP contribution in [0.3, 0.4) is 0 Å². The summed E-state index contributed by atoms with van der Waals surface area (Å²) < 4.78 is 11.8. The molecule has 1 N–H and O–H groups in total. The maximum atomic E-state index is 13.0. The summed E-state index contributed by atoms with van der Waals surface area (Å²) in [5.41, 5.74) is 0.497. The van der Waals surface area contributed by atoms with Crippen LogP contribution in [0.1, 0.15) is 33.3 Å². The number of rotatable bonds is 8. The maximum Gasteiger partial charge on any atom is 0.261 e. The molecule has 0 aliphatic rings. The van der Waals surface area contributed by atoms with Gasteiger partial charge in [0.2, 0.25) is 5.91 Å². The van der Waals surface area contributed by atoms with Crippen molar-refractivity contribution in [2.24, 2.45) is 0 Å². The maximum absolute atomic E-state index is 13.0. The van der Waals surface area contributed by atoms with Gasteiger partial charge in [-0.25, -0.2) is 0 Å². The number of hydrogen-bond acceptors (Lipinski definition) is 4. The summed E-state index contributed by atoms with van der Waals surface area (Å²) in [4.78, 5) is 27.3. The van der Waals surface area contributed by atoms with E-state index in [-0.39, 0.29) is 25.0 Å². The van der Waals surface area contributed by atoms with Gasteiger partial charge in [-0.1, -0.05) is 28.1 Å². The molecule has 1 atom stereocenters. The number of amides is 2. The minimum Gasteiger partial charge on any atom is -0.497 e. The molecule has 0 heterocycles. The van der Waals surface area contributed by atoms with Crippen LogP contribution in [0.4, 0.5) is 0 Å². The number of methoxy groups -OCH3 is 1. The molecule has 0 aromatic heterocycles. The second-order valence-corrected chi connectivity index (χ2v) is 8.94. The van der Waals surface area contributed by atoms with Gasteiger partial charge in [-0.2, -0.15) is 0 Å². The van der Waals surface area contributed by atoms with Crippen LogP contribution in [0.25, 0.3) is 0 Å². The number of hydrogen-bond donors (Lipinski definition) is 1. The standard InChI is InChI=1S/C23H29BrN2O4/c1-16(22(28)25-23(2,3)4)26(14-17-6-10-19(29-5)11-7-17)21(27)15-30-20-12-8-18(24)9-13-20/h6-13,16H,14-15H2,1-5H3,(H,25,28)/t16-/m1/s1. The molecule has 0 aliphatic heterocycles. The van der Waals surface area contributed by atoms with Crippen LogP contribution in [0.5, 0.6) is 11.5 Å². The lowest BCUT2D eigenvalue weighted by atomic mass is 10.1. The van der Waals surface area contributed by atoms with Crippen molar-refractivity contribution in [3.05, 3.63) is 58.6 Å². The van der Waals surface area contributed by atoms with E-state index in [1.807, 2.05) is 57.2 Å². The third kappa shape index (κ3) is 7.37. The van der Waals surface area contributed by atoms with E-state index in [4.69, 9.17) is 9.47 Å². The number of carbonyl (C=O) groups excluding carboxylic acids is 2. The molecule has 6 nitrogen and oxygen atoms in total. The predicted molar refractivity (Wildman–Crippen MR) is 121 cm³/mol. The van der Waals surface area contributed by atoms with E-state index in [0.29, 0.717) is 5.75 Å². The molecule has 0 aliphatic carbocycles. The smallest absolute Gasteiger partial charge is 0.261 e. The summed E-state index contributed by atoms with van der Waals surface area (Å²) >= 11 is 3.37. The van der Waals surface area contributed by atoms with Crippen LogP contribution in [-0.4, -0.2) is 42.0 Å². The average Bonchev–Trinajstić information content (AvgIpc) is 2.70. The second-order valence-electron chi connectivity index (χ2n) is 8.03. The van der Waals surface area contributed by atoms with Gasteiger partial charge in [0.1, 0.15) is 17.5 Å². The minimum atomic E-state index is -0.660. The van der Waals surface area contributed by atoms with Gasteiger partial charge < -0.3 is 19.7 Å². The highest BCUT2D eigenvalue weighted by Gasteiger charge is 2.28. The Hall–Kier alpha value is -2.54. The van der Waals surface area contributed by atoms with Gasteiger partial charge in [0.25, 0.3) is 5.91 Å². The highest BCUT2D eigenvalue weighted by molar-refractivity contribution is 9.10. The van der Waals surface area contributed by atoms with E-state index in [1.165, 1.54) is 4.90 Å². The van der Waals surface area contributed by atoms with E-state index in [1.54, 1.807) is 26.2 Å². The zero-order valence-corrected chi connectivity index (χ0v) is 19.7. The first-order valence-corrected chi connectivity index (χ1v) is 10.5. The van der Waals surface area contributed by atoms with Crippen molar-refractivity contribution >= 4 is 27.7 Å². The van der Waals surface area contributed by atoms with Crippen molar-refractivity contribution in [1.82, 2.24) is 10.2 Å². The molecule has 2 aromatic carbocycles. The number of carbonyl (C=O) groups is 2.